The highest BCUT2D eigenvalue weighted by Gasteiger charge is 2.09. The summed E-state index contributed by atoms with van der Waals surface area (Å²) in [6, 6.07) is 13.7. The van der Waals surface area contributed by atoms with E-state index in [0.29, 0.717) is 17.0 Å². The van der Waals surface area contributed by atoms with Gasteiger partial charge in [0.1, 0.15) is 5.75 Å². The fraction of sp³-hybridized carbons (Fsp3) is 0.176. The lowest BCUT2D eigenvalue weighted by atomic mass is 10.1. The summed E-state index contributed by atoms with van der Waals surface area (Å²) in [5.74, 6) is 0.468. The summed E-state index contributed by atoms with van der Waals surface area (Å²) in [6.07, 6.45) is 0. The van der Waals surface area contributed by atoms with Gasteiger partial charge in [-0.25, -0.2) is 4.79 Å². The van der Waals surface area contributed by atoms with E-state index in [1.807, 2.05) is 24.3 Å². The van der Waals surface area contributed by atoms with Crippen molar-refractivity contribution in [1.82, 2.24) is 5.32 Å². The predicted octanol–water partition coefficient (Wildman–Crippen LogP) is 2.38. The van der Waals surface area contributed by atoms with Crippen LogP contribution >= 0.6 is 0 Å². The molecule has 2 aromatic carbocycles. The number of urea groups is 1. The van der Waals surface area contributed by atoms with Gasteiger partial charge in [-0.15, -0.1) is 0 Å². The van der Waals surface area contributed by atoms with Crippen molar-refractivity contribution in [3.8, 4) is 11.8 Å². The van der Waals surface area contributed by atoms with Gasteiger partial charge in [0.25, 0.3) is 0 Å². The number of rotatable bonds is 5. The average molecular weight is 311 g/mol. The second kappa shape index (κ2) is 7.82. The summed E-state index contributed by atoms with van der Waals surface area (Å²) in [6.45, 7) is 0.195. The van der Waals surface area contributed by atoms with Crippen LogP contribution in [0.4, 0.5) is 10.5 Å². The summed E-state index contributed by atoms with van der Waals surface area (Å²) in [5, 5.41) is 23.6. The maximum atomic E-state index is 12.0. The Balaban J connectivity index is 2.04. The fourth-order valence-corrected chi connectivity index (χ4v) is 2.10. The van der Waals surface area contributed by atoms with E-state index in [-0.39, 0.29) is 13.2 Å². The Hall–Kier alpha value is -3.04. The molecule has 6 heteroatoms. The highest BCUT2D eigenvalue weighted by molar-refractivity contribution is 5.91. The SMILES string of the molecule is COc1ccc(C#N)cc1NC(=O)NCc1ccccc1CO. The number of aliphatic hydroxyl groups excluding tert-OH is 1. The van der Waals surface area contributed by atoms with Crippen LogP contribution in [-0.4, -0.2) is 18.2 Å². The smallest absolute Gasteiger partial charge is 0.319 e. The second-order valence-electron chi connectivity index (χ2n) is 4.76. The number of anilines is 1. The van der Waals surface area contributed by atoms with Crippen LogP contribution in [0.5, 0.6) is 5.75 Å². The van der Waals surface area contributed by atoms with Crippen LogP contribution in [0.25, 0.3) is 0 Å². The third kappa shape index (κ3) is 4.22. The molecule has 0 aliphatic carbocycles. The first-order chi connectivity index (χ1) is 11.2. The first-order valence-electron chi connectivity index (χ1n) is 6.98. The molecule has 0 spiro atoms. The largest absolute Gasteiger partial charge is 0.495 e. The molecule has 118 valence electrons. The number of hydrogen-bond acceptors (Lipinski definition) is 4. The minimum Gasteiger partial charge on any atom is -0.495 e. The summed E-state index contributed by atoms with van der Waals surface area (Å²) < 4.78 is 5.16. The molecule has 0 bridgehead atoms. The van der Waals surface area contributed by atoms with Crippen LogP contribution in [-0.2, 0) is 13.2 Å². The molecule has 0 unspecified atom stereocenters. The normalized spacial score (nSPS) is 9.78. The van der Waals surface area contributed by atoms with Crippen molar-refractivity contribution < 1.29 is 14.6 Å². The van der Waals surface area contributed by atoms with Gasteiger partial charge >= 0.3 is 6.03 Å². The van der Waals surface area contributed by atoms with Gasteiger partial charge in [0, 0.05) is 6.54 Å². The monoisotopic (exact) mass is 311 g/mol. The lowest BCUT2D eigenvalue weighted by Crippen LogP contribution is -2.28. The Morgan fingerprint density at radius 1 is 1.26 bits per heavy atom. The van der Waals surface area contributed by atoms with Crippen molar-refractivity contribution in [3.05, 3.63) is 59.2 Å². The second-order valence-corrected chi connectivity index (χ2v) is 4.76. The lowest BCUT2D eigenvalue weighted by Gasteiger charge is -2.12. The molecule has 3 N–H and O–H groups in total. The first-order valence-corrected chi connectivity index (χ1v) is 6.98. The van der Waals surface area contributed by atoms with E-state index < -0.39 is 6.03 Å². The minimum absolute atomic E-state index is 0.0858. The number of nitrogens with zero attached hydrogens (tertiary/aromatic N) is 1. The third-order valence-corrected chi connectivity index (χ3v) is 3.30. The zero-order valence-corrected chi connectivity index (χ0v) is 12.7. The van der Waals surface area contributed by atoms with Crippen molar-refractivity contribution in [2.45, 2.75) is 13.2 Å². The number of carbonyl (C=O) groups excluding carboxylic acids is 1. The van der Waals surface area contributed by atoms with Crippen molar-refractivity contribution >= 4 is 11.7 Å². The molecular formula is C17H17N3O3. The zero-order valence-electron chi connectivity index (χ0n) is 12.7. The molecule has 0 aliphatic heterocycles. The first kappa shape index (κ1) is 16.3. The van der Waals surface area contributed by atoms with E-state index in [9.17, 15) is 9.90 Å². The molecule has 0 saturated carbocycles. The van der Waals surface area contributed by atoms with Crippen LogP contribution < -0.4 is 15.4 Å². The van der Waals surface area contributed by atoms with Crippen LogP contribution in [0.2, 0.25) is 0 Å². The summed E-state index contributed by atoms with van der Waals surface area (Å²) in [4.78, 5) is 12.0. The van der Waals surface area contributed by atoms with Crippen molar-refractivity contribution in [3.63, 3.8) is 0 Å². The molecule has 23 heavy (non-hydrogen) atoms. The molecule has 0 heterocycles. The van der Waals surface area contributed by atoms with E-state index in [4.69, 9.17) is 10.00 Å². The van der Waals surface area contributed by atoms with Crippen molar-refractivity contribution in [2.24, 2.45) is 0 Å². The Labute approximate surface area is 134 Å². The number of nitrogens with one attached hydrogen (secondary N) is 2. The van der Waals surface area contributed by atoms with Crippen LogP contribution in [0.15, 0.2) is 42.5 Å². The van der Waals surface area contributed by atoms with E-state index >= 15 is 0 Å². The maximum Gasteiger partial charge on any atom is 0.319 e. The fourth-order valence-electron chi connectivity index (χ4n) is 2.10. The molecule has 0 saturated heterocycles. The molecule has 2 amide bonds. The van der Waals surface area contributed by atoms with Gasteiger partial charge < -0.3 is 20.5 Å². The summed E-state index contributed by atoms with van der Waals surface area (Å²) in [5.41, 5.74) is 2.44. The van der Waals surface area contributed by atoms with E-state index in [2.05, 4.69) is 10.6 Å². The molecule has 0 radical (unpaired) electrons. The minimum atomic E-state index is -0.425. The molecule has 0 aromatic heterocycles. The molecule has 0 atom stereocenters. The summed E-state index contributed by atoms with van der Waals surface area (Å²) >= 11 is 0. The Morgan fingerprint density at radius 3 is 2.65 bits per heavy atom. The third-order valence-electron chi connectivity index (χ3n) is 3.30. The van der Waals surface area contributed by atoms with E-state index in [0.717, 1.165) is 11.1 Å². The molecular weight excluding hydrogens is 294 g/mol. The Morgan fingerprint density at radius 2 is 2.00 bits per heavy atom. The van der Waals surface area contributed by atoms with Crippen LogP contribution in [0, 0.1) is 11.3 Å². The van der Waals surface area contributed by atoms with Gasteiger partial charge in [0.15, 0.2) is 0 Å². The van der Waals surface area contributed by atoms with Gasteiger partial charge in [-0.05, 0) is 29.3 Å². The number of ether oxygens (including phenoxy) is 1. The van der Waals surface area contributed by atoms with Crippen molar-refractivity contribution in [2.75, 3.05) is 12.4 Å². The van der Waals surface area contributed by atoms with Gasteiger partial charge in [-0.3, -0.25) is 0 Å². The molecule has 6 nitrogen and oxygen atoms in total. The van der Waals surface area contributed by atoms with Crippen LogP contribution in [0.3, 0.4) is 0 Å². The average Bonchev–Trinajstić information content (AvgIpc) is 2.60. The van der Waals surface area contributed by atoms with Gasteiger partial charge in [-0.1, -0.05) is 24.3 Å². The van der Waals surface area contributed by atoms with E-state index in [1.54, 1.807) is 24.3 Å². The number of nitriles is 1. The highest BCUT2D eigenvalue weighted by Crippen LogP contribution is 2.25. The lowest BCUT2D eigenvalue weighted by molar-refractivity contribution is 0.251. The quantitative estimate of drug-likeness (QED) is 0.790. The van der Waals surface area contributed by atoms with Crippen molar-refractivity contribution in [1.29, 1.82) is 5.26 Å². The number of hydrogen-bond donors (Lipinski definition) is 3. The predicted molar refractivity (Wildman–Crippen MR) is 85.9 cm³/mol. The highest BCUT2D eigenvalue weighted by atomic mass is 16.5. The van der Waals surface area contributed by atoms with Gasteiger partial charge in [0.2, 0.25) is 0 Å². The molecule has 0 aliphatic rings. The standard InChI is InChI=1S/C17H17N3O3/c1-23-16-7-6-12(9-18)8-15(16)20-17(22)19-10-13-4-2-3-5-14(13)11-21/h2-8,21H,10-11H2,1H3,(H2,19,20,22). The Bertz CT molecular complexity index is 738. The maximum absolute atomic E-state index is 12.0. The molecule has 2 aromatic rings. The molecule has 0 fully saturated rings. The topological polar surface area (TPSA) is 94.4 Å². The molecule has 2 rings (SSSR count). The number of aliphatic hydroxyl groups is 1. The number of carbonyl (C=O) groups is 1. The Kier molecular flexibility index (Phi) is 5.56. The zero-order chi connectivity index (χ0) is 16.7. The number of amides is 2. The number of methoxy groups -OCH3 is 1. The summed E-state index contributed by atoms with van der Waals surface area (Å²) in [7, 11) is 1.49. The number of benzene rings is 2. The van der Waals surface area contributed by atoms with Crippen LogP contribution in [0.1, 0.15) is 16.7 Å². The van der Waals surface area contributed by atoms with Gasteiger partial charge in [-0.2, -0.15) is 5.26 Å². The van der Waals surface area contributed by atoms with Gasteiger partial charge in [0.05, 0.1) is 31.0 Å². The van der Waals surface area contributed by atoms with E-state index in [1.165, 1.54) is 7.11 Å².